The monoisotopic (exact) mass is 258 g/mol. The second-order valence-corrected chi connectivity index (χ2v) is 7.78. The Morgan fingerprint density at radius 1 is 1.29 bits per heavy atom. The second-order valence-electron chi connectivity index (χ2n) is 4.50. The third-order valence-corrected chi connectivity index (χ3v) is 6.32. The molecule has 1 aromatic heterocycles. The van der Waals surface area contributed by atoms with Gasteiger partial charge in [0.2, 0.25) is 0 Å². The largest absolute Gasteiger partial charge is 0.466 e. The highest BCUT2D eigenvalue weighted by atomic mass is 31.2. The molecule has 1 aromatic rings. The molecule has 1 atom stereocenters. The van der Waals surface area contributed by atoms with Gasteiger partial charge in [0, 0.05) is 12.3 Å². The molecule has 0 saturated heterocycles. The first-order valence-corrected chi connectivity index (χ1v) is 8.58. The van der Waals surface area contributed by atoms with Crippen LogP contribution in [0.5, 0.6) is 0 Å². The quantitative estimate of drug-likeness (QED) is 0.710. The van der Waals surface area contributed by atoms with E-state index in [0.29, 0.717) is 18.1 Å². The number of furan rings is 1. The zero-order valence-corrected chi connectivity index (χ0v) is 11.7. The van der Waals surface area contributed by atoms with Crippen LogP contribution in [0.1, 0.15) is 51.1 Å². The molecule has 0 radical (unpaired) electrons. The van der Waals surface area contributed by atoms with E-state index >= 15 is 0 Å². The standard InChI is InChI=1S/C13H23O3P/c1-3-5-10-17(15,11-6-4-2)13(14)12-8-7-9-16-12/h7-9,13-14H,3-6,10-11H2,1-2H3. The Labute approximate surface area is 104 Å². The van der Waals surface area contributed by atoms with Crippen molar-refractivity contribution < 1.29 is 14.1 Å². The van der Waals surface area contributed by atoms with Crippen molar-refractivity contribution in [2.24, 2.45) is 0 Å². The summed E-state index contributed by atoms with van der Waals surface area (Å²) in [5, 5.41) is 10.2. The Kier molecular flexibility index (Phi) is 6.01. The molecular formula is C13H23O3P. The van der Waals surface area contributed by atoms with Crippen LogP contribution in [0.15, 0.2) is 22.8 Å². The number of hydrogen-bond acceptors (Lipinski definition) is 3. The minimum absolute atomic E-state index is 0.445. The van der Waals surface area contributed by atoms with Crippen LogP contribution in [0.3, 0.4) is 0 Å². The van der Waals surface area contributed by atoms with E-state index in [-0.39, 0.29) is 0 Å². The van der Waals surface area contributed by atoms with Gasteiger partial charge in [0.1, 0.15) is 12.9 Å². The van der Waals surface area contributed by atoms with Crippen molar-refractivity contribution in [2.45, 2.75) is 45.4 Å². The van der Waals surface area contributed by atoms with Gasteiger partial charge >= 0.3 is 0 Å². The smallest absolute Gasteiger partial charge is 0.164 e. The molecule has 0 aliphatic carbocycles. The maximum absolute atomic E-state index is 12.8. The molecule has 0 aliphatic heterocycles. The molecule has 4 heteroatoms. The Morgan fingerprint density at radius 3 is 2.29 bits per heavy atom. The Morgan fingerprint density at radius 2 is 1.88 bits per heavy atom. The minimum atomic E-state index is -2.57. The van der Waals surface area contributed by atoms with Gasteiger partial charge in [-0.15, -0.1) is 0 Å². The van der Waals surface area contributed by atoms with Gasteiger partial charge in [-0.2, -0.15) is 0 Å². The summed E-state index contributed by atoms with van der Waals surface area (Å²) in [5.41, 5.74) is 0. The lowest BCUT2D eigenvalue weighted by atomic mass is 10.4. The van der Waals surface area contributed by atoms with Gasteiger partial charge in [0.25, 0.3) is 0 Å². The van der Waals surface area contributed by atoms with Gasteiger partial charge in [0.15, 0.2) is 5.85 Å². The first-order valence-electron chi connectivity index (χ1n) is 6.43. The van der Waals surface area contributed by atoms with Crippen molar-refractivity contribution in [1.82, 2.24) is 0 Å². The molecule has 0 fully saturated rings. The van der Waals surface area contributed by atoms with Crippen LogP contribution >= 0.6 is 7.14 Å². The van der Waals surface area contributed by atoms with Crippen LogP contribution in [-0.2, 0) is 4.57 Å². The molecular weight excluding hydrogens is 235 g/mol. The van der Waals surface area contributed by atoms with Crippen LogP contribution in [-0.4, -0.2) is 17.4 Å². The molecule has 1 rings (SSSR count). The second kappa shape index (κ2) is 7.03. The summed E-state index contributed by atoms with van der Waals surface area (Å²) in [6, 6.07) is 3.43. The van der Waals surface area contributed by atoms with Crippen LogP contribution < -0.4 is 0 Å². The highest BCUT2D eigenvalue weighted by molar-refractivity contribution is 7.64. The summed E-state index contributed by atoms with van der Waals surface area (Å²) < 4.78 is 18.0. The van der Waals surface area contributed by atoms with Crippen molar-refractivity contribution in [3.8, 4) is 0 Å². The first kappa shape index (κ1) is 14.5. The van der Waals surface area contributed by atoms with E-state index in [2.05, 4.69) is 13.8 Å². The molecule has 1 heterocycles. The number of hydrogen-bond donors (Lipinski definition) is 1. The highest BCUT2D eigenvalue weighted by Crippen LogP contribution is 2.58. The molecule has 98 valence electrons. The third kappa shape index (κ3) is 4.01. The summed E-state index contributed by atoms with van der Waals surface area (Å²) >= 11 is 0. The van der Waals surface area contributed by atoms with E-state index in [1.807, 2.05) is 0 Å². The summed E-state index contributed by atoms with van der Waals surface area (Å²) in [6.07, 6.45) is 6.55. The highest BCUT2D eigenvalue weighted by Gasteiger charge is 2.33. The number of aliphatic hydroxyl groups excluding tert-OH is 1. The summed E-state index contributed by atoms with van der Waals surface area (Å²) in [7, 11) is -2.57. The lowest BCUT2D eigenvalue weighted by molar-refractivity contribution is 0.220. The molecule has 17 heavy (non-hydrogen) atoms. The van der Waals surface area contributed by atoms with E-state index in [9.17, 15) is 9.67 Å². The molecule has 1 N–H and O–H groups in total. The Bertz CT molecular complexity index is 334. The topological polar surface area (TPSA) is 50.4 Å². The molecule has 0 spiro atoms. The van der Waals surface area contributed by atoms with Crippen LogP contribution in [0.25, 0.3) is 0 Å². The normalized spacial score (nSPS) is 13.8. The van der Waals surface area contributed by atoms with E-state index in [1.165, 1.54) is 6.26 Å². The maximum Gasteiger partial charge on any atom is 0.164 e. The molecule has 0 aliphatic rings. The summed E-state index contributed by atoms with van der Waals surface area (Å²) in [4.78, 5) is 0. The first-order chi connectivity index (χ1) is 8.14. The molecule has 3 nitrogen and oxygen atoms in total. The fourth-order valence-electron chi connectivity index (χ4n) is 1.88. The molecule has 1 unspecified atom stereocenters. The number of rotatable bonds is 8. The van der Waals surface area contributed by atoms with Gasteiger partial charge in [-0.05, 0) is 25.0 Å². The fraction of sp³-hybridized carbons (Fsp3) is 0.692. The summed E-state index contributed by atoms with van der Waals surface area (Å²) in [5.74, 6) is -0.476. The SMILES string of the molecule is CCCCP(=O)(CCCC)C(O)c1ccco1. The zero-order chi connectivity index (χ0) is 12.7. The molecule has 0 amide bonds. The van der Waals surface area contributed by atoms with Crippen LogP contribution in [0.4, 0.5) is 0 Å². The Balaban J connectivity index is 2.77. The van der Waals surface area contributed by atoms with Crippen LogP contribution in [0.2, 0.25) is 0 Å². The van der Waals surface area contributed by atoms with Crippen molar-refractivity contribution >= 4 is 7.14 Å². The van der Waals surface area contributed by atoms with Crippen LogP contribution in [0, 0.1) is 0 Å². The van der Waals surface area contributed by atoms with Crippen molar-refractivity contribution in [2.75, 3.05) is 12.3 Å². The van der Waals surface area contributed by atoms with Crippen molar-refractivity contribution in [3.05, 3.63) is 24.2 Å². The van der Waals surface area contributed by atoms with Crippen molar-refractivity contribution in [3.63, 3.8) is 0 Å². The lowest BCUT2D eigenvalue weighted by Crippen LogP contribution is -2.06. The predicted octanol–water partition coefficient (Wildman–Crippen LogP) is 4.23. The number of unbranched alkanes of at least 4 members (excludes halogenated alkanes) is 2. The van der Waals surface area contributed by atoms with Gasteiger partial charge in [0.05, 0.1) is 6.26 Å². The fourth-order valence-corrected chi connectivity index (χ4v) is 4.90. The van der Waals surface area contributed by atoms with Gasteiger partial charge in [-0.3, -0.25) is 0 Å². The molecule has 0 saturated carbocycles. The maximum atomic E-state index is 12.8. The minimum Gasteiger partial charge on any atom is -0.466 e. The molecule has 0 bridgehead atoms. The van der Waals surface area contributed by atoms with E-state index in [1.54, 1.807) is 12.1 Å². The van der Waals surface area contributed by atoms with E-state index < -0.39 is 13.0 Å². The zero-order valence-electron chi connectivity index (χ0n) is 10.8. The number of aliphatic hydroxyl groups is 1. The van der Waals surface area contributed by atoms with Gasteiger partial charge in [-0.1, -0.05) is 26.7 Å². The average molecular weight is 258 g/mol. The van der Waals surface area contributed by atoms with Crippen molar-refractivity contribution in [1.29, 1.82) is 0 Å². The third-order valence-electron chi connectivity index (χ3n) is 3.02. The lowest BCUT2D eigenvalue weighted by Gasteiger charge is -2.22. The average Bonchev–Trinajstić information content (AvgIpc) is 2.86. The van der Waals surface area contributed by atoms with Gasteiger partial charge in [-0.25, -0.2) is 0 Å². The summed E-state index contributed by atoms with van der Waals surface area (Å²) in [6.45, 7) is 4.15. The molecule has 0 aromatic carbocycles. The van der Waals surface area contributed by atoms with E-state index in [4.69, 9.17) is 4.42 Å². The predicted molar refractivity (Wildman–Crippen MR) is 70.8 cm³/mol. The van der Waals surface area contributed by atoms with E-state index in [0.717, 1.165) is 25.7 Å². The van der Waals surface area contributed by atoms with Gasteiger partial charge < -0.3 is 14.1 Å². The Hall–Kier alpha value is -0.530.